The van der Waals surface area contributed by atoms with Crippen molar-refractivity contribution in [2.24, 2.45) is 5.92 Å². The molecule has 1 aromatic heterocycles. The zero-order valence-corrected chi connectivity index (χ0v) is 17.3. The van der Waals surface area contributed by atoms with Gasteiger partial charge in [0.15, 0.2) is 5.78 Å². The van der Waals surface area contributed by atoms with E-state index in [9.17, 15) is 20.0 Å². The summed E-state index contributed by atoms with van der Waals surface area (Å²) in [7, 11) is 0. The molecule has 0 aliphatic carbocycles. The van der Waals surface area contributed by atoms with Gasteiger partial charge in [0.1, 0.15) is 11.6 Å². The monoisotopic (exact) mass is 400 g/mol. The highest BCUT2D eigenvalue weighted by molar-refractivity contribution is 6.06. The summed E-state index contributed by atoms with van der Waals surface area (Å²) in [5.74, 6) is -1.36. The van der Waals surface area contributed by atoms with E-state index in [0.29, 0.717) is 0 Å². The van der Waals surface area contributed by atoms with Crippen molar-refractivity contribution in [1.82, 2.24) is 4.57 Å². The number of Topliss-reactive ketones (excluding diaryl/α,β-unsaturated/α-hetero) is 1. The minimum absolute atomic E-state index is 0.0181. The highest BCUT2D eigenvalue weighted by Gasteiger charge is 2.31. The lowest BCUT2D eigenvalue weighted by Gasteiger charge is -2.21. The highest BCUT2D eigenvalue weighted by Crippen LogP contribution is 2.33. The van der Waals surface area contributed by atoms with Gasteiger partial charge < -0.3 is 5.11 Å². The zero-order chi connectivity index (χ0) is 21.8. The van der Waals surface area contributed by atoms with E-state index < -0.39 is 11.5 Å². The van der Waals surface area contributed by atoms with E-state index in [4.69, 9.17) is 0 Å². The van der Waals surface area contributed by atoms with E-state index in [1.165, 1.54) is 0 Å². The van der Waals surface area contributed by atoms with E-state index in [0.717, 1.165) is 15.7 Å². The van der Waals surface area contributed by atoms with Crippen LogP contribution in [0.3, 0.4) is 0 Å². The first-order chi connectivity index (χ1) is 14.4. The lowest BCUT2D eigenvalue weighted by Crippen LogP contribution is -2.29. The lowest BCUT2D eigenvalue weighted by atomic mass is 9.83. The van der Waals surface area contributed by atoms with Gasteiger partial charge in [-0.2, -0.15) is 5.26 Å². The second-order valence-corrected chi connectivity index (χ2v) is 7.74. The summed E-state index contributed by atoms with van der Waals surface area (Å²) in [6, 6.07) is 20.5. The van der Waals surface area contributed by atoms with Crippen molar-refractivity contribution in [3.63, 3.8) is 0 Å². The Kier molecular flexibility index (Phi) is 6.17. The number of ketones is 1. The number of carbonyl (C=O) groups excluding carboxylic acids is 1. The summed E-state index contributed by atoms with van der Waals surface area (Å²) >= 11 is 0. The Labute approximate surface area is 175 Å². The number of hydrogen-bond acceptors (Lipinski definition) is 4. The number of aromatic nitrogens is 1. The molecule has 0 unspecified atom stereocenters. The minimum Gasteiger partial charge on any atom is -0.494 e. The molecule has 1 heterocycles. The standard InChI is InChI=1S/C25H24N2O3/c1-16(2)15-27-24(29)20(14-26)17(3)21(25(27)30)23(28)22(18-10-6-4-7-11-18)19-12-8-5-9-13-19/h4-13,16,22,30H,15H2,1-3H3. The predicted molar refractivity (Wildman–Crippen MR) is 116 cm³/mol. The third-order valence-corrected chi connectivity index (χ3v) is 5.12. The van der Waals surface area contributed by atoms with Crippen LogP contribution in [0.15, 0.2) is 65.5 Å². The lowest BCUT2D eigenvalue weighted by molar-refractivity contribution is 0.0968. The molecule has 0 atom stereocenters. The number of hydrogen-bond donors (Lipinski definition) is 1. The Morgan fingerprint density at radius 3 is 1.97 bits per heavy atom. The number of rotatable bonds is 6. The van der Waals surface area contributed by atoms with E-state index in [1.807, 2.05) is 80.6 Å². The van der Waals surface area contributed by atoms with Gasteiger partial charge >= 0.3 is 0 Å². The molecule has 0 radical (unpaired) electrons. The van der Waals surface area contributed by atoms with Crippen LogP contribution in [0, 0.1) is 24.2 Å². The molecule has 5 heteroatoms. The largest absolute Gasteiger partial charge is 0.494 e. The van der Waals surface area contributed by atoms with Crippen molar-refractivity contribution >= 4 is 5.78 Å². The summed E-state index contributed by atoms with van der Waals surface area (Å²) in [5, 5.41) is 20.5. The number of benzene rings is 2. The smallest absolute Gasteiger partial charge is 0.271 e. The minimum atomic E-state index is -0.673. The van der Waals surface area contributed by atoms with E-state index in [2.05, 4.69) is 0 Å². The number of pyridine rings is 1. The quantitative estimate of drug-likeness (QED) is 0.622. The Bertz CT molecular complexity index is 1120. The van der Waals surface area contributed by atoms with Crippen molar-refractivity contribution in [2.45, 2.75) is 33.2 Å². The van der Waals surface area contributed by atoms with Gasteiger partial charge in [0, 0.05) is 6.54 Å². The van der Waals surface area contributed by atoms with Crippen LogP contribution < -0.4 is 5.56 Å². The van der Waals surface area contributed by atoms with Gasteiger partial charge in [-0.05, 0) is 29.5 Å². The first-order valence-corrected chi connectivity index (χ1v) is 9.87. The van der Waals surface area contributed by atoms with Gasteiger partial charge in [0.2, 0.25) is 5.88 Å². The summed E-state index contributed by atoms with van der Waals surface area (Å²) in [5.41, 5.74) is 1.08. The van der Waals surface area contributed by atoms with Crippen molar-refractivity contribution in [1.29, 1.82) is 5.26 Å². The summed E-state index contributed by atoms with van der Waals surface area (Å²) in [6.07, 6.45) is 0. The van der Waals surface area contributed by atoms with Gasteiger partial charge in [-0.3, -0.25) is 14.2 Å². The Balaban J connectivity index is 2.28. The maximum absolute atomic E-state index is 13.8. The molecule has 0 saturated heterocycles. The molecule has 0 aliphatic rings. The number of nitriles is 1. The fourth-order valence-electron chi connectivity index (χ4n) is 3.71. The molecule has 0 bridgehead atoms. The van der Waals surface area contributed by atoms with Gasteiger partial charge in [-0.15, -0.1) is 0 Å². The molecule has 0 fully saturated rings. The van der Waals surface area contributed by atoms with Gasteiger partial charge in [0.25, 0.3) is 5.56 Å². The van der Waals surface area contributed by atoms with E-state index >= 15 is 0 Å². The van der Waals surface area contributed by atoms with Crippen molar-refractivity contribution in [3.05, 3.63) is 98.8 Å². The molecule has 0 amide bonds. The van der Waals surface area contributed by atoms with Crippen LogP contribution in [0.5, 0.6) is 5.88 Å². The Morgan fingerprint density at radius 2 is 1.53 bits per heavy atom. The Hall–Kier alpha value is -3.65. The number of carbonyl (C=O) groups is 1. The second kappa shape index (κ2) is 8.79. The Morgan fingerprint density at radius 1 is 1.03 bits per heavy atom. The summed E-state index contributed by atoms with van der Waals surface area (Å²) in [6.45, 7) is 5.55. The van der Waals surface area contributed by atoms with E-state index in [-0.39, 0.29) is 40.8 Å². The fourth-order valence-corrected chi connectivity index (χ4v) is 3.71. The topological polar surface area (TPSA) is 83.1 Å². The van der Waals surface area contributed by atoms with Crippen molar-refractivity contribution < 1.29 is 9.90 Å². The maximum atomic E-state index is 13.8. The van der Waals surface area contributed by atoms with Crippen molar-refractivity contribution in [2.75, 3.05) is 0 Å². The third-order valence-electron chi connectivity index (χ3n) is 5.12. The van der Waals surface area contributed by atoms with Crippen molar-refractivity contribution in [3.8, 4) is 11.9 Å². The summed E-state index contributed by atoms with van der Waals surface area (Å²) in [4.78, 5) is 26.6. The van der Waals surface area contributed by atoms with E-state index in [1.54, 1.807) is 6.92 Å². The normalized spacial score (nSPS) is 10.9. The molecule has 0 aliphatic heterocycles. The number of nitrogens with zero attached hydrogens (tertiary/aromatic N) is 2. The summed E-state index contributed by atoms with van der Waals surface area (Å²) < 4.78 is 1.14. The highest BCUT2D eigenvalue weighted by atomic mass is 16.3. The molecule has 0 saturated carbocycles. The molecule has 3 rings (SSSR count). The molecular weight excluding hydrogens is 376 g/mol. The zero-order valence-electron chi connectivity index (χ0n) is 17.3. The van der Waals surface area contributed by atoms with Crippen LogP contribution in [0.1, 0.15) is 52.4 Å². The first kappa shape index (κ1) is 21.1. The van der Waals surface area contributed by atoms with Crippen LogP contribution in [-0.2, 0) is 6.54 Å². The first-order valence-electron chi connectivity index (χ1n) is 9.87. The molecule has 0 spiro atoms. The average Bonchev–Trinajstić information content (AvgIpc) is 2.73. The molecule has 3 aromatic rings. The average molecular weight is 400 g/mol. The molecular formula is C25H24N2O3. The van der Waals surface area contributed by atoms with Crippen LogP contribution in [-0.4, -0.2) is 15.5 Å². The van der Waals surface area contributed by atoms with Gasteiger partial charge in [0.05, 0.1) is 11.5 Å². The third kappa shape index (κ3) is 3.90. The van der Waals surface area contributed by atoms with Gasteiger partial charge in [-0.1, -0.05) is 74.5 Å². The molecule has 152 valence electrons. The maximum Gasteiger partial charge on any atom is 0.271 e. The van der Waals surface area contributed by atoms with Crippen LogP contribution in [0.2, 0.25) is 0 Å². The van der Waals surface area contributed by atoms with Crippen LogP contribution in [0.4, 0.5) is 0 Å². The number of aromatic hydroxyl groups is 1. The van der Waals surface area contributed by atoms with Crippen LogP contribution in [0.25, 0.3) is 0 Å². The molecule has 2 aromatic carbocycles. The van der Waals surface area contributed by atoms with Gasteiger partial charge in [-0.25, -0.2) is 0 Å². The molecule has 5 nitrogen and oxygen atoms in total. The molecule has 30 heavy (non-hydrogen) atoms. The molecule has 1 N–H and O–H groups in total. The second-order valence-electron chi connectivity index (χ2n) is 7.74. The van der Waals surface area contributed by atoms with Crippen LogP contribution >= 0.6 is 0 Å². The fraction of sp³-hybridized carbons (Fsp3) is 0.240. The SMILES string of the molecule is Cc1c(C(=O)C(c2ccccc2)c2ccccc2)c(O)n(CC(C)C)c(=O)c1C#N. The predicted octanol–water partition coefficient (Wildman–Crippen LogP) is 4.40.